The lowest BCUT2D eigenvalue weighted by Crippen LogP contribution is -2.46. The highest BCUT2D eigenvalue weighted by atomic mass is 35.5. The van der Waals surface area contributed by atoms with E-state index >= 15 is 0 Å². The fourth-order valence-corrected chi connectivity index (χ4v) is 3.10. The molecule has 2 rings (SSSR count). The Labute approximate surface area is 158 Å². The normalized spacial score (nSPS) is 20.7. The van der Waals surface area contributed by atoms with Crippen LogP contribution in [0, 0.1) is 5.92 Å². The van der Waals surface area contributed by atoms with Crippen LogP contribution in [0.2, 0.25) is 5.02 Å². The van der Waals surface area contributed by atoms with Crippen molar-refractivity contribution in [1.29, 1.82) is 0 Å². The van der Waals surface area contributed by atoms with Gasteiger partial charge in [-0.15, -0.1) is 0 Å². The lowest BCUT2D eigenvalue weighted by atomic mass is 9.86. The first kappa shape index (κ1) is 20.2. The van der Waals surface area contributed by atoms with Crippen LogP contribution in [0.5, 0.6) is 0 Å². The lowest BCUT2D eigenvalue weighted by Gasteiger charge is -2.30. The standard InChI is InChI=1S/C19H25ClN2O4/c1-12-5-3-4-6-16(12)22-18(24)13(2)26-17(23)11-21-19(25)14-7-9-15(20)10-8-14/h7-10,12-13,16H,3-6,11H2,1-2H3,(H,21,25)(H,22,24)/t12-,13-,16-/m0/s1. The first-order chi connectivity index (χ1) is 12.4. The smallest absolute Gasteiger partial charge is 0.326 e. The first-order valence-corrected chi connectivity index (χ1v) is 9.28. The maximum atomic E-state index is 12.2. The summed E-state index contributed by atoms with van der Waals surface area (Å²) in [6.45, 7) is 3.34. The van der Waals surface area contributed by atoms with E-state index in [1.165, 1.54) is 13.3 Å². The highest BCUT2D eigenvalue weighted by molar-refractivity contribution is 6.30. The van der Waals surface area contributed by atoms with Crippen molar-refractivity contribution >= 4 is 29.4 Å². The van der Waals surface area contributed by atoms with Gasteiger partial charge in [-0.3, -0.25) is 14.4 Å². The van der Waals surface area contributed by atoms with Crippen LogP contribution in [0.15, 0.2) is 24.3 Å². The Kier molecular flexibility index (Phi) is 7.45. The summed E-state index contributed by atoms with van der Waals surface area (Å²) in [7, 11) is 0. The molecular formula is C19H25ClN2O4. The van der Waals surface area contributed by atoms with E-state index in [4.69, 9.17) is 16.3 Å². The Hall–Kier alpha value is -2.08. The molecule has 0 aromatic heterocycles. The number of carbonyl (C=O) groups is 3. The second kappa shape index (κ2) is 9.57. The van der Waals surface area contributed by atoms with Crippen LogP contribution in [0.4, 0.5) is 0 Å². The maximum Gasteiger partial charge on any atom is 0.326 e. The number of ether oxygens (including phenoxy) is 1. The average molecular weight is 381 g/mol. The molecule has 26 heavy (non-hydrogen) atoms. The van der Waals surface area contributed by atoms with Crippen LogP contribution in [-0.2, 0) is 14.3 Å². The van der Waals surface area contributed by atoms with Gasteiger partial charge in [0.25, 0.3) is 11.8 Å². The van der Waals surface area contributed by atoms with Gasteiger partial charge < -0.3 is 15.4 Å². The van der Waals surface area contributed by atoms with E-state index < -0.39 is 18.0 Å². The van der Waals surface area contributed by atoms with Gasteiger partial charge in [0.2, 0.25) is 0 Å². The van der Waals surface area contributed by atoms with Gasteiger partial charge in [-0.2, -0.15) is 0 Å². The molecule has 3 atom stereocenters. The molecule has 1 aromatic carbocycles. The molecule has 0 saturated heterocycles. The van der Waals surface area contributed by atoms with E-state index in [1.807, 2.05) is 0 Å². The number of hydrogen-bond donors (Lipinski definition) is 2. The molecule has 2 amide bonds. The number of benzene rings is 1. The van der Waals surface area contributed by atoms with Gasteiger partial charge in [0.15, 0.2) is 6.10 Å². The monoisotopic (exact) mass is 380 g/mol. The third-order valence-electron chi connectivity index (χ3n) is 4.62. The molecule has 0 aliphatic heterocycles. The van der Waals surface area contributed by atoms with Gasteiger partial charge in [-0.1, -0.05) is 31.4 Å². The van der Waals surface area contributed by atoms with E-state index in [0.29, 0.717) is 16.5 Å². The number of esters is 1. The molecule has 1 aromatic rings. The highest BCUT2D eigenvalue weighted by Gasteiger charge is 2.26. The summed E-state index contributed by atoms with van der Waals surface area (Å²) >= 11 is 5.77. The Morgan fingerprint density at radius 1 is 1.19 bits per heavy atom. The molecular weight excluding hydrogens is 356 g/mol. The number of amides is 2. The molecule has 1 fully saturated rings. The SMILES string of the molecule is C[C@H](OC(=O)CNC(=O)c1ccc(Cl)cc1)C(=O)N[C@H]1CCCC[C@@H]1C. The Bertz CT molecular complexity index is 647. The molecule has 6 nitrogen and oxygen atoms in total. The van der Waals surface area contributed by atoms with Gasteiger partial charge in [-0.25, -0.2) is 0 Å². The van der Waals surface area contributed by atoms with Gasteiger partial charge in [0, 0.05) is 16.6 Å². The van der Waals surface area contributed by atoms with Crippen molar-refractivity contribution in [1.82, 2.24) is 10.6 Å². The number of halogens is 1. The molecule has 0 spiro atoms. The van der Waals surface area contributed by atoms with E-state index in [-0.39, 0.29) is 18.5 Å². The van der Waals surface area contributed by atoms with E-state index in [0.717, 1.165) is 19.3 Å². The molecule has 2 N–H and O–H groups in total. The van der Waals surface area contributed by atoms with Crippen LogP contribution in [0.3, 0.4) is 0 Å². The Morgan fingerprint density at radius 2 is 1.85 bits per heavy atom. The van der Waals surface area contributed by atoms with Gasteiger partial charge >= 0.3 is 5.97 Å². The zero-order chi connectivity index (χ0) is 19.1. The number of carbonyl (C=O) groups excluding carboxylic acids is 3. The van der Waals surface area contributed by atoms with Crippen molar-refractivity contribution in [3.8, 4) is 0 Å². The minimum absolute atomic E-state index is 0.127. The van der Waals surface area contributed by atoms with Crippen LogP contribution < -0.4 is 10.6 Å². The second-order valence-corrected chi connectivity index (χ2v) is 7.13. The molecule has 142 valence electrons. The first-order valence-electron chi connectivity index (χ1n) is 8.90. The van der Waals surface area contributed by atoms with Crippen molar-refractivity contribution in [2.24, 2.45) is 5.92 Å². The molecule has 0 radical (unpaired) electrons. The molecule has 1 saturated carbocycles. The highest BCUT2D eigenvalue weighted by Crippen LogP contribution is 2.23. The summed E-state index contributed by atoms with van der Waals surface area (Å²) in [5, 5.41) is 5.94. The third-order valence-corrected chi connectivity index (χ3v) is 4.87. The van der Waals surface area contributed by atoms with Crippen molar-refractivity contribution < 1.29 is 19.1 Å². The average Bonchev–Trinajstić information content (AvgIpc) is 2.62. The molecule has 0 heterocycles. The molecule has 7 heteroatoms. The lowest BCUT2D eigenvalue weighted by molar-refractivity contribution is -0.154. The van der Waals surface area contributed by atoms with Crippen molar-refractivity contribution in [2.75, 3.05) is 6.54 Å². The fourth-order valence-electron chi connectivity index (χ4n) is 2.98. The predicted molar refractivity (Wildman–Crippen MR) is 98.9 cm³/mol. The summed E-state index contributed by atoms with van der Waals surface area (Å²) in [5.41, 5.74) is 0.388. The zero-order valence-electron chi connectivity index (χ0n) is 15.1. The Morgan fingerprint density at radius 3 is 2.50 bits per heavy atom. The number of hydrogen-bond acceptors (Lipinski definition) is 4. The third kappa shape index (κ3) is 6.02. The van der Waals surface area contributed by atoms with Gasteiger partial charge in [0.1, 0.15) is 6.54 Å². The largest absolute Gasteiger partial charge is 0.451 e. The quantitative estimate of drug-likeness (QED) is 0.743. The number of nitrogens with one attached hydrogen (secondary N) is 2. The van der Waals surface area contributed by atoms with E-state index in [1.54, 1.807) is 24.3 Å². The van der Waals surface area contributed by atoms with Crippen LogP contribution >= 0.6 is 11.6 Å². The van der Waals surface area contributed by atoms with Gasteiger partial charge in [-0.05, 0) is 49.9 Å². The van der Waals surface area contributed by atoms with E-state index in [9.17, 15) is 14.4 Å². The maximum absolute atomic E-state index is 12.2. The summed E-state index contributed by atoms with van der Waals surface area (Å²) in [5.74, 6) is -0.950. The van der Waals surface area contributed by atoms with Crippen molar-refractivity contribution in [3.05, 3.63) is 34.9 Å². The van der Waals surface area contributed by atoms with Crippen LogP contribution in [0.1, 0.15) is 49.9 Å². The summed E-state index contributed by atoms with van der Waals surface area (Å²) in [4.78, 5) is 36.0. The molecule has 0 bridgehead atoms. The summed E-state index contributed by atoms with van der Waals surface area (Å²) in [6.07, 6.45) is 3.43. The summed E-state index contributed by atoms with van der Waals surface area (Å²) in [6, 6.07) is 6.43. The van der Waals surface area contributed by atoms with Crippen LogP contribution in [0.25, 0.3) is 0 Å². The van der Waals surface area contributed by atoms with Crippen molar-refractivity contribution in [3.63, 3.8) is 0 Å². The minimum Gasteiger partial charge on any atom is -0.451 e. The Balaban J connectivity index is 1.74. The topological polar surface area (TPSA) is 84.5 Å². The van der Waals surface area contributed by atoms with Gasteiger partial charge in [0.05, 0.1) is 0 Å². The van der Waals surface area contributed by atoms with E-state index in [2.05, 4.69) is 17.6 Å². The zero-order valence-corrected chi connectivity index (χ0v) is 15.8. The number of rotatable bonds is 6. The second-order valence-electron chi connectivity index (χ2n) is 6.70. The molecule has 0 unspecified atom stereocenters. The fraction of sp³-hybridized carbons (Fsp3) is 0.526. The summed E-state index contributed by atoms with van der Waals surface area (Å²) < 4.78 is 5.11. The minimum atomic E-state index is -0.899. The molecule has 1 aliphatic rings. The molecule has 1 aliphatic carbocycles. The van der Waals surface area contributed by atoms with Crippen LogP contribution in [-0.4, -0.2) is 36.5 Å². The van der Waals surface area contributed by atoms with Crippen molar-refractivity contribution in [2.45, 2.75) is 51.7 Å². The predicted octanol–water partition coefficient (Wildman–Crippen LogP) is 2.70.